The Morgan fingerprint density at radius 3 is 2.41 bits per heavy atom. The normalized spacial score (nSPS) is 19.9. The highest BCUT2D eigenvalue weighted by atomic mass is 32.2. The van der Waals surface area contributed by atoms with Crippen LogP contribution in [0.15, 0.2) is 24.3 Å². The molecule has 1 aromatic heterocycles. The topological polar surface area (TPSA) is 92.2 Å². The van der Waals surface area contributed by atoms with Gasteiger partial charge >= 0.3 is 0 Å². The van der Waals surface area contributed by atoms with E-state index in [2.05, 4.69) is 15.3 Å². The molecule has 2 N–H and O–H groups in total. The van der Waals surface area contributed by atoms with Crippen LogP contribution in [0.3, 0.4) is 0 Å². The van der Waals surface area contributed by atoms with Crippen LogP contribution in [0.1, 0.15) is 18.5 Å². The molecule has 7 heteroatoms. The highest BCUT2D eigenvalue weighted by Crippen LogP contribution is 2.25. The summed E-state index contributed by atoms with van der Waals surface area (Å²) in [5.74, 6) is 0.696. The van der Waals surface area contributed by atoms with Crippen molar-refractivity contribution in [3.8, 4) is 0 Å². The third-order valence-corrected chi connectivity index (χ3v) is 5.74. The Labute approximate surface area is 129 Å². The van der Waals surface area contributed by atoms with Crippen molar-refractivity contribution >= 4 is 26.7 Å². The van der Waals surface area contributed by atoms with Crippen molar-refractivity contribution in [3.63, 3.8) is 0 Å². The van der Waals surface area contributed by atoms with Crippen LogP contribution in [-0.2, 0) is 9.84 Å². The monoisotopic (exact) mass is 321 g/mol. The molecule has 118 valence electrons. The van der Waals surface area contributed by atoms with Crippen molar-refractivity contribution in [3.05, 3.63) is 30.0 Å². The van der Waals surface area contributed by atoms with E-state index in [1.165, 1.54) is 0 Å². The maximum atomic E-state index is 11.5. The Morgan fingerprint density at radius 2 is 1.77 bits per heavy atom. The highest BCUT2D eigenvalue weighted by molar-refractivity contribution is 7.91. The summed E-state index contributed by atoms with van der Waals surface area (Å²) >= 11 is 0. The molecular formula is C15H19N3O3S. The molecule has 0 unspecified atom stereocenters. The number of aryl methyl sites for hydroxylation is 1. The van der Waals surface area contributed by atoms with E-state index in [9.17, 15) is 13.5 Å². The van der Waals surface area contributed by atoms with Gasteiger partial charge in [0, 0.05) is 6.54 Å². The second-order valence-corrected chi connectivity index (χ2v) is 8.18. The summed E-state index contributed by atoms with van der Waals surface area (Å²) in [7, 11) is -2.99. The summed E-state index contributed by atoms with van der Waals surface area (Å²) in [6, 6.07) is 7.60. The minimum atomic E-state index is -2.99. The fourth-order valence-electron chi connectivity index (χ4n) is 2.60. The Balaban J connectivity index is 1.75. The van der Waals surface area contributed by atoms with Crippen LogP contribution in [0.5, 0.6) is 0 Å². The van der Waals surface area contributed by atoms with Gasteiger partial charge in [-0.15, -0.1) is 0 Å². The number of para-hydroxylation sites is 2. The predicted molar refractivity (Wildman–Crippen MR) is 85.6 cm³/mol. The number of hydrogen-bond acceptors (Lipinski definition) is 6. The van der Waals surface area contributed by atoms with Gasteiger partial charge in [0.25, 0.3) is 0 Å². The predicted octanol–water partition coefficient (Wildman–Crippen LogP) is 1.29. The van der Waals surface area contributed by atoms with Gasteiger partial charge in [-0.1, -0.05) is 12.1 Å². The summed E-state index contributed by atoms with van der Waals surface area (Å²) in [4.78, 5) is 9.00. The molecule has 0 radical (unpaired) electrons. The van der Waals surface area contributed by atoms with Crippen molar-refractivity contribution < 1.29 is 13.5 Å². The van der Waals surface area contributed by atoms with Gasteiger partial charge in [0.1, 0.15) is 5.82 Å². The zero-order chi connectivity index (χ0) is 15.8. The molecule has 0 aliphatic carbocycles. The van der Waals surface area contributed by atoms with Gasteiger partial charge in [0.2, 0.25) is 0 Å². The third-order valence-electron chi connectivity index (χ3n) is 4.09. The second-order valence-electron chi connectivity index (χ2n) is 5.88. The van der Waals surface area contributed by atoms with E-state index in [0.717, 1.165) is 16.7 Å². The van der Waals surface area contributed by atoms with E-state index in [4.69, 9.17) is 0 Å². The molecule has 22 heavy (non-hydrogen) atoms. The molecule has 1 aromatic carbocycles. The van der Waals surface area contributed by atoms with E-state index in [1.807, 2.05) is 31.2 Å². The molecule has 0 saturated carbocycles. The molecule has 1 aliphatic rings. The van der Waals surface area contributed by atoms with Crippen LogP contribution in [-0.4, -0.2) is 47.1 Å². The molecule has 0 amide bonds. The molecule has 1 aliphatic heterocycles. The summed E-state index contributed by atoms with van der Waals surface area (Å²) in [6.45, 7) is 2.13. The van der Waals surface area contributed by atoms with E-state index in [-0.39, 0.29) is 30.9 Å². The van der Waals surface area contributed by atoms with Crippen molar-refractivity contribution in [1.29, 1.82) is 0 Å². The van der Waals surface area contributed by atoms with Gasteiger partial charge in [-0.3, -0.25) is 0 Å². The maximum Gasteiger partial charge on any atom is 0.150 e. The molecule has 2 aromatic rings. The lowest BCUT2D eigenvalue weighted by molar-refractivity contribution is 0.0435. The van der Waals surface area contributed by atoms with E-state index >= 15 is 0 Å². The van der Waals surface area contributed by atoms with Gasteiger partial charge in [0.15, 0.2) is 9.84 Å². The van der Waals surface area contributed by atoms with Crippen LogP contribution in [0.4, 0.5) is 5.82 Å². The molecule has 0 bridgehead atoms. The molecular weight excluding hydrogens is 302 g/mol. The average molecular weight is 321 g/mol. The smallest absolute Gasteiger partial charge is 0.150 e. The zero-order valence-electron chi connectivity index (χ0n) is 12.4. The molecule has 0 atom stereocenters. The number of anilines is 1. The Kier molecular flexibility index (Phi) is 3.78. The lowest BCUT2D eigenvalue weighted by Crippen LogP contribution is -2.44. The standard InChI is InChI=1S/C15H19N3O3S/c1-11-14(18-13-5-3-2-4-12(13)17-11)16-10-15(19)6-8-22(20,21)9-7-15/h2-5,19H,6-10H2,1H3,(H,16,18). The molecule has 6 nitrogen and oxygen atoms in total. The van der Waals surface area contributed by atoms with Crippen molar-refractivity contribution in [2.24, 2.45) is 0 Å². The van der Waals surface area contributed by atoms with Crippen LogP contribution in [0, 0.1) is 6.92 Å². The Hall–Kier alpha value is -1.73. The van der Waals surface area contributed by atoms with Gasteiger partial charge in [-0.25, -0.2) is 18.4 Å². The Morgan fingerprint density at radius 1 is 1.18 bits per heavy atom. The number of hydrogen-bond donors (Lipinski definition) is 2. The fourth-order valence-corrected chi connectivity index (χ4v) is 4.18. The van der Waals surface area contributed by atoms with Gasteiger partial charge in [-0.2, -0.15) is 0 Å². The van der Waals surface area contributed by atoms with Crippen molar-refractivity contribution in [2.75, 3.05) is 23.4 Å². The van der Waals surface area contributed by atoms with Crippen LogP contribution in [0.2, 0.25) is 0 Å². The van der Waals surface area contributed by atoms with Gasteiger partial charge in [0.05, 0.1) is 33.8 Å². The molecule has 0 spiro atoms. The quantitative estimate of drug-likeness (QED) is 0.885. The first-order valence-corrected chi connectivity index (χ1v) is 9.09. The molecule has 3 rings (SSSR count). The summed E-state index contributed by atoms with van der Waals surface area (Å²) < 4.78 is 22.9. The number of sulfone groups is 1. The van der Waals surface area contributed by atoms with Gasteiger partial charge < -0.3 is 10.4 Å². The van der Waals surface area contributed by atoms with E-state index in [0.29, 0.717) is 5.82 Å². The van der Waals surface area contributed by atoms with E-state index < -0.39 is 15.4 Å². The lowest BCUT2D eigenvalue weighted by atomic mass is 9.97. The number of nitrogens with one attached hydrogen (secondary N) is 1. The minimum Gasteiger partial charge on any atom is -0.388 e. The van der Waals surface area contributed by atoms with Crippen molar-refractivity contribution in [1.82, 2.24) is 9.97 Å². The summed E-state index contributed by atoms with van der Waals surface area (Å²) in [5, 5.41) is 13.6. The minimum absolute atomic E-state index is 0.0353. The largest absolute Gasteiger partial charge is 0.388 e. The van der Waals surface area contributed by atoms with Crippen LogP contribution in [0.25, 0.3) is 11.0 Å². The summed E-state index contributed by atoms with van der Waals surface area (Å²) in [6.07, 6.45) is 0.505. The number of nitrogens with zero attached hydrogens (tertiary/aromatic N) is 2. The number of rotatable bonds is 3. The lowest BCUT2D eigenvalue weighted by Gasteiger charge is -2.32. The third kappa shape index (κ3) is 3.20. The average Bonchev–Trinajstić information content (AvgIpc) is 2.49. The first kappa shape index (κ1) is 15.2. The first-order chi connectivity index (χ1) is 10.4. The number of aliphatic hydroxyl groups is 1. The number of fused-ring (bicyclic) bond motifs is 1. The summed E-state index contributed by atoms with van der Waals surface area (Å²) in [5.41, 5.74) is 1.36. The number of aromatic nitrogens is 2. The van der Waals surface area contributed by atoms with Gasteiger partial charge in [-0.05, 0) is 31.9 Å². The Bertz CT molecular complexity index is 791. The SMILES string of the molecule is Cc1nc2ccccc2nc1NCC1(O)CCS(=O)(=O)CC1. The highest BCUT2D eigenvalue weighted by Gasteiger charge is 2.35. The maximum absolute atomic E-state index is 11.5. The molecule has 1 saturated heterocycles. The van der Waals surface area contributed by atoms with Crippen molar-refractivity contribution in [2.45, 2.75) is 25.4 Å². The van der Waals surface area contributed by atoms with Crippen LogP contribution < -0.4 is 5.32 Å². The van der Waals surface area contributed by atoms with E-state index in [1.54, 1.807) is 0 Å². The second kappa shape index (κ2) is 5.48. The first-order valence-electron chi connectivity index (χ1n) is 7.27. The molecule has 1 fully saturated rings. The fraction of sp³-hybridized carbons (Fsp3) is 0.467. The zero-order valence-corrected chi connectivity index (χ0v) is 13.2. The molecule has 2 heterocycles. The van der Waals surface area contributed by atoms with Crippen LogP contribution >= 0.6 is 0 Å². The number of benzene rings is 1.